The van der Waals surface area contributed by atoms with Gasteiger partial charge in [0.05, 0.1) is 21.8 Å². The molecule has 2 N–H and O–H groups in total. The summed E-state index contributed by atoms with van der Waals surface area (Å²) in [6, 6.07) is 28.1. The van der Waals surface area contributed by atoms with Crippen LogP contribution in [0.15, 0.2) is 108 Å². The van der Waals surface area contributed by atoms with Gasteiger partial charge in [-0.3, -0.25) is 13.9 Å². The van der Waals surface area contributed by atoms with E-state index in [-0.39, 0.29) is 27.7 Å². The van der Waals surface area contributed by atoms with Crippen LogP contribution in [0.25, 0.3) is 0 Å². The Bertz CT molecular complexity index is 1560. The number of sulfonamides is 1. The van der Waals surface area contributed by atoms with Crippen LogP contribution in [-0.2, 0) is 21.2 Å². The number of para-hydroxylation sites is 1. The highest BCUT2D eigenvalue weighted by Crippen LogP contribution is 2.27. The first-order valence-electron chi connectivity index (χ1n) is 12.0. The molecule has 4 rings (SSSR count). The van der Waals surface area contributed by atoms with Crippen molar-refractivity contribution in [2.24, 2.45) is 0 Å². The van der Waals surface area contributed by atoms with E-state index in [2.05, 4.69) is 10.6 Å². The summed E-state index contributed by atoms with van der Waals surface area (Å²) in [5.41, 5.74) is 1.81. The Kier molecular flexibility index (Phi) is 9.24. The van der Waals surface area contributed by atoms with Gasteiger partial charge in [0.1, 0.15) is 6.54 Å². The van der Waals surface area contributed by atoms with Gasteiger partial charge in [-0.1, -0.05) is 71.7 Å². The van der Waals surface area contributed by atoms with Gasteiger partial charge in [-0.15, -0.1) is 0 Å². The fraction of sp³-hybridized carbons (Fsp3) is 0.103. The molecule has 0 fully saturated rings. The number of hydrogen-bond donors (Lipinski definition) is 2. The first kappa shape index (κ1) is 28.2. The fourth-order valence-electron chi connectivity index (χ4n) is 3.85. The van der Waals surface area contributed by atoms with Crippen molar-refractivity contribution in [1.82, 2.24) is 5.32 Å². The predicted octanol–water partition coefficient (Wildman–Crippen LogP) is 5.80. The molecular weight excluding hydrogens is 557 g/mol. The van der Waals surface area contributed by atoms with Crippen LogP contribution in [0, 0.1) is 0 Å². The lowest BCUT2D eigenvalue weighted by Crippen LogP contribution is -2.38. The molecule has 2 amide bonds. The molecule has 0 radical (unpaired) electrons. The molecular formula is C29H25Cl2N3O4S. The van der Waals surface area contributed by atoms with Crippen LogP contribution in [0.5, 0.6) is 0 Å². The van der Waals surface area contributed by atoms with E-state index in [0.29, 0.717) is 23.0 Å². The first-order valence-corrected chi connectivity index (χ1v) is 14.2. The van der Waals surface area contributed by atoms with Crippen LogP contribution in [0.4, 0.5) is 11.4 Å². The number of nitrogens with zero attached hydrogens (tertiary/aromatic N) is 1. The van der Waals surface area contributed by atoms with Gasteiger partial charge in [-0.05, 0) is 66.6 Å². The fourth-order valence-corrected chi connectivity index (χ4v) is 5.57. The number of carbonyl (C=O) groups excluding carboxylic acids is 2. The van der Waals surface area contributed by atoms with Crippen molar-refractivity contribution in [2.45, 2.75) is 11.3 Å². The summed E-state index contributed by atoms with van der Waals surface area (Å²) in [6.45, 7) is -0.151. The van der Waals surface area contributed by atoms with Crippen LogP contribution in [0.2, 0.25) is 10.0 Å². The molecule has 0 aromatic heterocycles. The standard InChI is InChI=1S/C29H25Cl2N3O4S/c30-22-13-15-25(16-14-22)39(37,38)34(24-10-6-9-23(31)19-24)20-28(35)33-27-12-5-4-11-26(27)29(36)32-18-17-21-7-2-1-3-8-21/h1-16,19H,17-18,20H2,(H,32,36)(H,33,35). The van der Waals surface area contributed by atoms with Gasteiger partial charge in [0.2, 0.25) is 5.91 Å². The van der Waals surface area contributed by atoms with Crippen molar-refractivity contribution >= 4 is 56.4 Å². The van der Waals surface area contributed by atoms with Gasteiger partial charge >= 0.3 is 0 Å². The maximum atomic E-state index is 13.5. The van der Waals surface area contributed by atoms with Crippen molar-refractivity contribution in [3.63, 3.8) is 0 Å². The van der Waals surface area contributed by atoms with Crippen LogP contribution in [-0.4, -0.2) is 33.3 Å². The highest BCUT2D eigenvalue weighted by atomic mass is 35.5. The van der Waals surface area contributed by atoms with E-state index < -0.39 is 22.5 Å². The molecule has 7 nitrogen and oxygen atoms in total. The zero-order chi connectivity index (χ0) is 27.8. The van der Waals surface area contributed by atoms with Crippen LogP contribution < -0.4 is 14.9 Å². The normalized spacial score (nSPS) is 11.0. The van der Waals surface area contributed by atoms with Gasteiger partial charge in [0.15, 0.2) is 0 Å². The van der Waals surface area contributed by atoms with E-state index in [0.717, 1.165) is 9.87 Å². The summed E-state index contributed by atoms with van der Waals surface area (Å²) in [7, 11) is -4.16. The monoisotopic (exact) mass is 581 g/mol. The Balaban J connectivity index is 1.52. The van der Waals surface area contributed by atoms with Gasteiger partial charge in [0.25, 0.3) is 15.9 Å². The Labute approximate surface area is 237 Å². The zero-order valence-corrected chi connectivity index (χ0v) is 23.0. The molecule has 0 saturated carbocycles. The van der Waals surface area contributed by atoms with Crippen molar-refractivity contribution in [1.29, 1.82) is 0 Å². The summed E-state index contributed by atoms with van der Waals surface area (Å²) in [4.78, 5) is 26.0. The predicted molar refractivity (Wildman–Crippen MR) is 155 cm³/mol. The van der Waals surface area contributed by atoms with Crippen LogP contribution >= 0.6 is 23.2 Å². The molecule has 0 saturated heterocycles. The average Bonchev–Trinajstić information content (AvgIpc) is 2.93. The second-order valence-electron chi connectivity index (χ2n) is 8.53. The molecule has 4 aromatic rings. The molecule has 0 unspecified atom stereocenters. The van der Waals surface area contributed by atoms with Gasteiger partial charge < -0.3 is 10.6 Å². The number of amides is 2. The molecule has 0 atom stereocenters. The van der Waals surface area contributed by atoms with E-state index >= 15 is 0 Å². The lowest BCUT2D eigenvalue weighted by Gasteiger charge is -2.24. The average molecular weight is 583 g/mol. The smallest absolute Gasteiger partial charge is 0.264 e. The highest BCUT2D eigenvalue weighted by molar-refractivity contribution is 7.92. The summed E-state index contributed by atoms with van der Waals surface area (Å²) < 4.78 is 28.1. The van der Waals surface area contributed by atoms with Crippen molar-refractivity contribution < 1.29 is 18.0 Å². The van der Waals surface area contributed by atoms with E-state index in [1.165, 1.54) is 30.3 Å². The highest BCUT2D eigenvalue weighted by Gasteiger charge is 2.28. The molecule has 0 aliphatic rings. The molecule has 4 aromatic carbocycles. The van der Waals surface area contributed by atoms with Crippen molar-refractivity contribution in [3.8, 4) is 0 Å². The third kappa shape index (κ3) is 7.38. The Morgan fingerprint density at radius 2 is 1.46 bits per heavy atom. The van der Waals surface area contributed by atoms with Gasteiger partial charge in [-0.2, -0.15) is 0 Å². The number of anilines is 2. The van der Waals surface area contributed by atoms with E-state index in [9.17, 15) is 18.0 Å². The lowest BCUT2D eigenvalue weighted by atomic mass is 10.1. The molecule has 39 heavy (non-hydrogen) atoms. The number of rotatable bonds is 10. The van der Waals surface area contributed by atoms with Gasteiger partial charge in [-0.25, -0.2) is 8.42 Å². The number of halogens is 2. The third-order valence-corrected chi connectivity index (χ3v) is 8.05. The maximum Gasteiger partial charge on any atom is 0.264 e. The molecule has 200 valence electrons. The maximum absolute atomic E-state index is 13.5. The minimum Gasteiger partial charge on any atom is -0.352 e. The summed E-state index contributed by atoms with van der Waals surface area (Å²) >= 11 is 12.1. The van der Waals surface area contributed by atoms with Crippen LogP contribution in [0.1, 0.15) is 15.9 Å². The van der Waals surface area contributed by atoms with E-state index in [1.54, 1.807) is 42.5 Å². The second-order valence-corrected chi connectivity index (χ2v) is 11.3. The van der Waals surface area contributed by atoms with Crippen molar-refractivity contribution in [3.05, 3.63) is 124 Å². The Hall–Kier alpha value is -3.85. The summed E-state index contributed by atoms with van der Waals surface area (Å²) in [6.07, 6.45) is 0.651. The Morgan fingerprint density at radius 3 is 2.18 bits per heavy atom. The first-order chi connectivity index (χ1) is 18.7. The third-order valence-electron chi connectivity index (χ3n) is 5.77. The molecule has 0 bridgehead atoms. The van der Waals surface area contributed by atoms with Gasteiger partial charge in [0, 0.05) is 16.6 Å². The lowest BCUT2D eigenvalue weighted by molar-refractivity contribution is -0.114. The number of benzene rings is 4. The summed E-state index contributed by atoms with van der Waals surface area (Å²) in [5.74, 6) is -1.00. The van der Waals surface area contributed by atoms with E-state index in [4.69, 9.17) is 23.2 Å². The largest absolute Gasteiger partial charge is 0.352 e. The SMILES string of the molecule is O=C(CN(c1cccc(Cl)c1)S(=O)(=O)c1ccc(Cl)cc1)Nc1ccccc1C(=O)NCCc1ccccc1. The molecule has 0 aliphatic heterocycles. The number of carbonyl (C=O) groups is 2. The van der Waals surface area contributed by atoms with E-state index in [1.807, 2.05) is 30.3 Å². The minimum atomic E-state index is -4.16. The molecule has 0 aliphatic carbocycles. The zero-order valence-electron chi connectivity index (χ0n) is 20.7. The second kappa shape index (κ2) is 12.8. The van der Waals surface area contributed by atoms with Crippen molar-refractivity contribution in [2.75, 3.05) is 22.7 Å². The quantitative estimate of drug-likeness (QED) is 0.247. The molecule has 10 heteroatoms. The molecule has 0 spiro atoms. The number of nitrogens with one attached hydrogen (secondary N) is 2. The summed E-state index contributed by atoms with van der Waals surface area (Å²) in [5, 5.41) is 6.23. The number of hydrogen-bond acceptors (Lipinski definition) is 4. The minimum absolute atomic E-state index is 0.0436. The topological polar surface area (TPSA) is 95.6 Å². The van der Waals surface area contributed by atoms with Crippen LogP contribution in [0.3, 0.4) is 0 Å². The Morgan fingerprint density at radius 1 is 0.769 bits per heavy atom. The molecule has 0 heterocycles.